The van der Waals surface area contributed by atoms with Gasteiger partial charge in [-0.05, 0) is 59.0 Å². The number of hydrogen-bond donors (Lipinski definition) is 2. The number of anilines is 3. The van der Waals surface area contributed by atoms with Gasteiger partial charge in [0.05, 0.1) is 11.4 Å². The number of primary amides is 1. The van der Waals surface area contributed by atoms with Crippen LogP contribution in [0, 0.1) is 0 Å². The van der Waals surface area contributed by atoms with E-state index in [1.54, 1.807) is 23.7 Å². The summed E-state index contributed by atoms with van der Waals surface area (Å²) in [5, 5.41) is 2.93. The highest BCUT2D eigenvalue weighted by molar-refractivity contribution is 7.18. The zero-order valence-corrected chi connectivity index (χ0v) is 22.2. The van der Waals surface area contributed by atoms with E-state index in [9.17, 15) is 4.79 Å². The zero-order chi connectivity index (χ0) is 27.5. The second-order valence-corrected chi connectivity index (χ2v) is 10.0. The number of urea groups is 1. The molecule has 3 heterocycles. The lowest BCUT2D eigenvalue weighted by Crippen LogP contribution is -2.31. The Hall–Kier alpha value is -5.21. The molecule has 0 fully saturated rings. The maximum Gasteiger partial charge on any atom is 0.323 e. The van der Waals surface area contributed by atoms with Gasteiger partial charge < -0.3 is 16.2 Å². The molecule has 0 unspecified atom stereocenters. The number of nitrogen functional groups attached to an aromatic ring is 1. The van der Waals surface area contributed by atoms with Gasteiger partial charge in [0.2, 0.25) is 0 Å². The van der Waals surface area contributed by atoms with Gasteiger partial charge in [0.25, 0.3) is 0 Å². The number of nitrogens with zero attached hydrogens (tertiary/aromatic N) is 3. The third-order valence-electron chi connectivity index (χ3n) is 6.58. The summed E-state index contributed by atoms with van der Waals surface area (Å²) in [7, 11) is 0. The van der Waals surface area contributed by atoms with Crippen molar-refractivity contribution in [1.29, 1.82) is 0 Å². The van der Waals surface area contributed by atoms with Crippen LogP contribution in [-0.2, 0) is 6.61 Å². The van der Waals surface area contributed by atoms with Crippen molar-refractivity contribution in [1.82, 2.24) is 9.97 Å². The van der Waals surface area contributed by atoms with Gasteiger partial charge in [-0.2, -0.15) is 0 Å². The smallest absolute Gasteiger partial charge is 0.323 e. The van der Waals surface area contributed by atoms with E-state index in [-0.39, 0.29) is 0 Å². The number of fused-ring (bicyclic) bond motifs is 1. The van der Waals surface area contributed by atoms with E-state index in [0.717, 1.165) is 37.9 Å². The minimum Gasteiger partial charge on any atom is -0.489 e. The Kier molecular flexibility index (Phi) is 6.82. The molecule has 0 aliphatic rings. The van der Waals surface area contributed by atoms with Gasteiger partial charge in [-0.1, -0.05) is 48.5 Å². The van der Waals surface area contributed by atoms with E-state index in [2.05, 4.69) is 15.3 Å². The van der Waals surface area contributed by atoms with Gasteiger partial charge in [0.15, 0.2) is 0 Å². The molecule has 3 aromatic heterocycles. The van der Waals surface area contributed by atoms with Gasteiger partial charge in [-0.3, -0.25) is 9.88 Å². The fourth-order valence-electron chi connectivity index (χ4n) is 4.66. The summed E-state index contributed by atoms with van der Waals surface area (Å²) in [5.41, 5.74) is 18.4. The summed E-state index contributed by atoms with van der Waals surface area (Å²) in [6.45, 7) is 0.455. The highest BCUT2D eigenvalue weighted by Gasteiger charge is 2.19. The van der Waals surface area contributed by atoms with E-state index in [1.165, 1.54) is 4.90 Å². The highest BCUT2D eigenvalue weighted by atomic mass is 32.1. The maximum atomic E-state index is 12.6. The van der Waals surface area contributed by atoms with Crippen molar-refractivity contribution in [3.63, 3.8) is 0 Å². The molecule has 4 N–H and O–H groups in total. The van der Waals surface area contributed by atoms with Crippen molar-refractivity contribution in [2.75, 3.05) is 10.6 Å². The molecule has 0 atom stereocenters. The molecule has 40 heavy (non-hydrogen) atoms. The largest absolute Gasteiger partial charge is 0.489 e. The molecule has 8 heteroatoms. The number of carbonyl (C=O) groups excluding carboxylic acids is 1. The van der Waals surface area contributed by atoms with Crippen LogP contribution in [0.1, 0.15) is 5.56 Å². The monoisotopic (exact) mass is 543 g/mol. The second kappa shape index (κ2) is 10.9. The van der Waals surface area contributed by atoms with Gasteiger partial charge in [-0.15, -0.1) is 11.3 Å². The summed E-state index contributed by atoms with van der Waals surface area (Å²) >= 11 is 1.60. The van der Waals surface area contributed by atoms with E-state index < -0.39 is 6.03 Å². The summed E-state index contributed by atoms with van der Waals surface area (Å²) < 4.78 is 6.93. The Morgan fingerprint density at radius 1 is 0.850 bits per heavy atom. The molecule has 3 aromatic carbocycles. The third kappa shape index (κ3) is 4.95. The number of hydrogen-bond acceptors (Lipinski definition) is 6. The number of thiophene rings is 1. The Morgan fingerprint density at radius 2 is 1.65 bits per heavy atom. The quantitative estimate of drug-likeness (QED) is 0.218. The maximum absolute atomic E-state index is 12.6. The molecule has 0 saturated carbocycles. The Balaban J connectivity index is 1.32. The number of aromatic nitrogens is 2. The van der Waals surface area contributed by atoms with E-state index in [4.69, 9.17) is 16.2 Å². The Bertz CT molecular complexity index is 1790. The van der Waals surface area contributed by atoms with Crippen molar-refractivity contribution in [3.05, 3.63) is 121 Å². The third-order valence-corrected chi connectivity index (χ3v) is 7.59. The molecule has 0 aliphatic heterocycles. The van der Waals surface area contributed by atoms with Gasteiger partial charge >= 0.3 is 6.03 Å². The lowest BCUT2D eigenvalue weighted by molar-refractivity contribution is 0.256. The Labute approximate surface area is 235 Å². The van der Waals surface area contributed by atoms with Crippen LogP contribution in [0.2, 0.25) is 0 Å². The van der Waals surface area contributed by atoms with Gasteiger partial charge in [0.1, 0.15) is 18.2 Å². The first-order valence-electron chi connectivity index (χ1n) is 12.6. The van der Waals surface area contributed by atoms with Crippen molar-refractivity contribution in [2.24, 2.45) is 5.73 Å². The first kappa shape index (κ1) is 25.1. The predicted molar refractivity (Wildman–Crippen MR) is 162 cm³/mol. The average molecular weight is 544 g/mol. The second-order valence-electron chi connectivity index (χ2n) is 9.14. The number of pyridine rings is 2. The number of benzene rings is 3. The van der Waals surface area contributed by atoms with Crippen molar-refractivity contribution in [3.8, 4) is 28.0 Å². The molecular formula is C32H25N5O2S. The number of nitrogens with two attached hydrogens (primary N) is 2. The molecule has 6 aromatic rings. The highest BCUT2D eigenvalue weighted by Crippen LogP contribution is 2.42. The normalized spacial score (nSPS) is 10.9. The molecule has 0 radical (unpaired) electrons. The number of carbonyl (C=O) groups is 1. The molecule has 196 valence electrons. The summed E-state index contributed by atoms with van der Waals surface area (Å²) in [6.07, 6.45) is 5.34. The lowest BCUT2D eigenvalue weighted by atomic mass is 10.0. The molecule has 0 saturated heterocycles. The summed E-state index contributed by atoms with van der Waals surface area (Å²) in [5.74, 6) is 1.14. The zero-order valence-electron chi connectivity index (χ0n) is 21.4. The van der Waals surface area contributed by atoms with E-state index in [1.807, 2.05) is 97.2 Å². The molecule has 6 rings (SSSR count). The lowest BCUT2D eigenvalue weighted by Gasteiger charge is -2.21. The van der Waals surface area contributed by atoms with Crippen molar-refractivity contribution < 1.29 is 9.53 Å². The predicted octanol–water partition coefficient (Wildman–Crippen LogP) is 7.40. The first-order valence-corrected chi connectivity index (χ1v) is 13.5. The van der Waals surface area contributed by atoms with Gasteiger partial charge in [0, 0.05) is 45.4 Å². The van der Waals surface area contributed by atoms with Crippen LogP contribution in [0.3, 0.4) is 0 Å². The standard InChI is InChI=1S/C32H25N5O2S/c33-31-29-28(20-40-30(29)27(18-36-31)23-9-5-15-35-17-23)22-8-4-10-25(16-22)37(32(34)38)24-11-13-26(14-12-24)39-19-21-6-2-1-3-7-21/h1-18,20H,19H2,(H2,33,36)(H2,34,38). The van der Waals surface area contributed by atoms with Crippen LogP contribution in [-0.4, -0.2) is 16.0 Å². The van der Waals surface area contributed by atoms with E-state index >= 15 is 0 Å². The van der Waals surface area contributed by atoms with Crippen molar-refractivity contribution >= 4 is 44.6 Å². The minimum absolute atomic E-state index is 0.446. The fraction of sp³-hybridized carbons (Fsp3) is 0.0312. The van der Waals surface area contributed by atoms with Crippen LogP contribution in [0.15, 0.2) is 115 Å². The van der Waals surface area contributed by atoms with Crippen LogP contribution >= 0.6 is 11.3 Å². The summed E-state index contributed by atoms with van der Waals surface area (Å²) in [4.78, 5) is 22.8. The summed E-state index contributed by atoms with van der Waals surface area (Å²) in [6, 6.07) is 28.2. The molecule has 2 amide bonds. The fourth-order valence-corrected chi connectivity index (χ4v) is 5.78. The van der Waals surface area contributed by atoms with Crippen LogP contribution < -0.4 is 21.1 Å². The minimum atomic E-state index is -0.592. The van der Waals surface area contributed by atoms with E-state index in [0.29, 0.717) is 29.5 Å². The molecule has 7 nitrogen and oxygen atoms in total. The first-order chi connectivity index (χ1) is 19.6. The molecule has 0 bridgehead atoms. The molecular weight excluding hydrogens is 518 g/mol. The molecule has 0 spiro atoms. The Morgan fingerprint density at radius 3 is 2.40 bits per heavy atom. The average Bonchev–Trinajstić information content (AvgIpc) is 3.44. The van der Waals surface area contributed by atoms with Crippen LogP contribution in [0.5, 0.6) is 5.75 Å². The van der Waals surface area contributed by atoms with Crippen molar-refractivity contribution in [2.45, 2.75) is 6.61 Å². The molecule has 0 aliphatic carbocycles. The number of ether oxygens (including phenoxy) is 1. The number of amides is 2. The number of rotatable bonds is 7. The van der Waals surface area contributed by atoms with Crippen LogP contribution in [0.4, 0.5) is 22.0 Å². The SMILES string of the molecule is NC(=O)N(c1ccc(OCc2ccccc2)cc1)c1cccc(-c2csc3c(-c4cccnc4)cnc(N)c23)c1. The van der Waals surface area contributed by atoms with Gasteiger partial charge in [-0.25, -0.2) is 9.78 Å². The van der Waals surface area contributed by atoms with Crippen LogP contribution in [0.25, 0.3) is 32.3 Å². The topological polar surface area (TPSA) is 107 Å².